The van der Waals surface area contributed by atoms with Crippen LogP contribution < -0.4 is 0 Å². The summed E-state index contributed by atoms with van der Waals surface area (Å²) < 4.78 is 0. The van der Waals surface area contributed by atoms with Gasteiger partial charge in [-0.1, -0.05) is 29.3 Å². The molecule has 2 heterocycles. The first kappa shape index (κ1) is 19.2. The van der Waals surface area contributed by atoms with Crippen LogP contribution in [0, 0.1) is 5.92 Å². The van der Waals surface area contributed by atoms with E-state index in [0.29, 0.717) is 23.1 Å². The van der Waals surface area contributed by atoms with E-state index in [-0.39, 0.29) is 17.7 Å². The molecular formula is C20H24Cl2N2O2. The quantitative estimate of drug-likeness (QED) is 0.718. The Morgan fingerprint density at radius 1 is 0.923 bits per heavy atom. The molecule has 0 atom stereocenters. The Hall–Kier alpha value is -1.52. The number of hydrogen-bond acceptors (Lipinski definition) is 2. The summed E-state index contributed by atoms with van der Waals surface area (Å²) in [5, 5.41) is 0.967. The van der Waals surface area contributed by atoms with Crippen molar-refractivity contribution in [2.75, 3.05) is 26.2 Å². The lowest BCUT2D eigenvalue weighted by atomic mass is 9.94. The molecular weight excluding hydrogens is 371 g/mol. The van der Waals surface area contributed by atoms with Crippen LogP contribution in [0.2, 0.25) is 10.0 Å². The Kier molecular flexibility index (Phi) is 6.60. The standard InChI is InChI=1S/C20H24Cl2N2O2/c21-17-6-4-15(14-18(17)22)5-7-19(25)23-12-8-16(9-13-23)20(26)24-10-2-1-3-11-24/h4-7,14,16H,1-3,8-13H2. The van der Waals surface area contributed by atoms with Crippen molar-refractivity contribution in [3.63, 3.8) is 0 Å². The summed E-state index contributed by atoms with van der Waals surface area (Å²) in [4.78, 5) is 28.8. The number of carbonyl (C=O) groups excluding carboxylic acids is 2. The number of piperidine rings is 2. The number of likely N-dealkylation sites (tertiary alicyclic amines) is 2. The van der Waals surface area contributed by atoms with Crippen molar-refractivity contribution in [2.24, 2.45) is 5.92 Å². The van der Waals surface area contributed by atoms with E-state index < -0.39 is 0 Å². The highest BCUT2D eigenvalue weighted by atomic mass is 35.5. The second-order valence-corrected chi connectivity index (χ2v) is 7.81. The molecule has 2 amide bonds. The molecule has 26 heavy (non-hydrogen) atoms. The first-order valence-corrected chi connectivity index (χ1v) is 10.0. The molecule has 2 aliphatic heterocycles. The van der Waals surface area contributed by atoms with Gasteiger partial charge in [0.2, 0.25) is 11.8 Å². The molecule has 0 N–H and O–H groups in total. The number of nitrogens with zero attached hydrogens (tertiary/aromatic N) is 2. The van der Waals surface area contributed by atoms with E-state index >= 15 is 0 Å². The summed E-state index contributed by atoms with van der Waals surface area (Å²) >= 11 is 11.9. The largest absolute Gasteiger partial charge is 0.342 e. The van der Waals surface area contributed by atoms with Gasteiger partial charge in [0.1, 0.15) is 0 Å². The molecule has 0 aromatic heterocycles. The Balaban J connectivity index is 1.50. The fourth-order valence-electron chi connectivity index (χ4n) is 3.61. The summed E-state index contributed by atoms with van der Waals surface area (Å²) in [6.07, 6.45) is 8.26. The van der Waals surface area contributed by atoms with Crippen LogP contribution >= 0.6 is 23.2 Å². The van der Waals surface area contributed by atoms with Crippen LogP contribution in [0.3, 0.4) is 0 Å². The van der Waals surface area contributed by atoms with E-state index in [9.17, 15) is 9.59 Å². The van der Waals surface area contributed by atoms with Crippen molar-refractivity contribution in [1.29, 1.82) is 0 Å². The van der Waals surface area contributed by atoms with Gasteiger partial charge in [-0.2, -0.15) is 0 Å². The summed E-state index contributed by atoms with van der Waals surface area (Å²) in [5.74, 6) is 0.319. The average molecular weight is 395 g/mol. The molecule has 4 nitrogen and oxygen atoms in total. The van der Waals surface area contributed by atoms with Gasteiger partial charge in [0.25, 0.3) is 0 Å². The van der Waals surface area contributed by atoms with E-state index in [0.717, 1.165) is 44.3 Å². The lowest BCUT2D eigenvalue weighted by Gasteiger charge is -2.35. The van der Waals surface area contributed by atoms with Crippen LogP contribution in [0.15, 0.2) is 24.3 Å². The molecule has 0 radical (unpaired) electrons. The molecule has 0 bridgehead atoms. The van der Waals surface area contributed by atoms with Crippen molar-refractivity contribution in [1.82, 2.24) is 9.80 Å². The monoisotopic (exact) mass is 394 g/mol. The molecule has 0 spiro atoms. The molecule has 140 valence electrons. The summed E-state index contributed by atoms with van der Waals surface area (Å²) in [5.41, 5.74) is 0.836. The predicted molar refractivity (Wildman–Crippen MR) is 105 cm³/mol. The average Bonchev–Trinajstić information content (AvgIpc) is 2.69. The van der Waals surface area contributed by atoms with Crippen LogP contribution in [-0.2, 0) is 9.59 Å². The summed E-state index contributed by atoms with van der Waals surface area (Å²) in [7, 11) is 0. The second-order valence-electron chi connectivity index (χ2n) is 6.99. The van der Waals surface area contributed by atoms with Gasteiger partial charge in [-0.15, -0.1) is 0 Å². The molecule has 1 aromatic rings. The third-order valence-electron chi connectivity index (χ3n) is 5.19. The van der Waals surface area contributed by atoms with Gasteiger partial charge >= 0.3 is 0 Å². The van der Waals surface area contributed by atoms with Gasteiger partial charge in [-0.3, -0.25) is 9.59 Å². The summed E-state index contributed by atoms with van der Waals surface area (Å²) in [6.45, 7) is 3.05. The number of halogens is 2. The lowest BCUT2D eigenvalue weighted by molar-refractivity contribution is -0.140. The van der Waals surface area contributed by atoms with Gasteiger partial charge in [0.05, 0.1) is 10.0 Å². The number of hydrogen-bond donors (Lipinski definition) is 0. The highest BCUT2D eigenvalue weighted by molar-refractivity contribution is 6.42. The van der Waals surface area contributed by atoms with Gasteiger partial charge in [-0.25, -0.2) is 0 Å². The second kappa shape index (κ2) is 8.92. The van der Waals surface area contributed by atoms with E-state index in [1.165, 1.54) is 6.42 Å². The molecule has 1 aromatic carbocycles. The summed E-state index contributed by atoms with van der Waals surface area (Å²) in [6, 6.07) is 5.27. The Labute approximate surface area is 164 Å². The number of benzene rings is 1. The maximum absolute atomic E-state index is 12.6. The van der Waals surface area contributed by atoms with Crippen LogP contribution in [0.4, 0.5) is 0 Å². The predicted octanol–water partition coefficient (Wildman–Crippen LogP) is 4.26. The molecule has 0 unspecified atom stereocenters. The highest BCUT2D eigenvalue weighted by Crippen LogP contribution is 2.24. The van der Waals surface area contributed by atoms with Crippen molar-refractivity contribution < 1.29 is 9.59 Å². The molecule has 6 heteroatoms. The number of carbonyl (C=O) groups is 2. The molecule has 2 saturated heterocycles. The van der Waals surface area contributed by atoms with Gasteiger partial charge in [0.15, 0.2) is 0 Å². The van der Waals surface area contributed by atoms with E-state index in [1.807, 2.05) is 15.9 Å². The smallest absolute Gasteiger partial charge is 0.246 e. The van der Waals surface area contributed by atoms with Crippen LogP contribution in [0.5, 0.6) is 0 Å². The number of rotatable bonds is 3. The molecule has 2 aliphatic rings. The van der Waals surface area contributed by atoms with Crippen molar-refractivity contribution >= 4 is 41.1 Å². The Bertz CT molecular complexity index is 691. The SMILES string of the molecule is O=C(C=Cc1ccc(Cl)c(Cl)c1)N1CCC(C(=O)N2CCCCC2)CC1. The molecule has 3 rings (SSSR count). The van der Waals surface area contributed by atoms with Crippen molar-refractivity contribution in [3.05, 3.63) is 39.9 Å². The number of amides is 2. The van der Waals surface area contributed by atoms with Crippen molar-refractivity contribution in [3.8, 4) is 0 Å². The Morgan fingerprint density at radius 2 is 1.62 bits per heavy atom. The maximum atomic E-state index is 12.6. The van der Waals surface area contributed by atoms with E-state index in [4.69, 9.17) is 23.2 Å². The molecule has 0 aliphatic carbocycles. The first-order valence-electron chi connectivity index (χ1n) is 9.25. The third kappa shape index (κ3) is 4.80. The van der Waals surface area contributed by atoms with E-state index in [1.54, 1.807) is 24.3 Å². The van der Waals surface area contributed by atoms with Gasteiger partial charge < -0.3 is 9.80 Å². The van der Waals surface area contributed by atoms with Crippen LogP contribution in [0.1, 0.15) is 37.7 Å². The maximum Gasteiger partial charge on any atom is 0.246 e. The molecule has 2 fully saturated rings. The van der Waals surface area contributed by atoms with Crippen LogP contribution in [-0.4, -0.2) is 47.8 Å². The third-order valence-corrected chi connectivity index (χ3v) is 5.92. The zero-order valence-corrected chi connectivity index (χ0v) is 16.3. The Morgan fingerprint density at radius 3 is 2.27 bits per heavy atom. The minimum absolute atomic E-state index is 0.0278. The van der Waals surface area contributed by atoms with E-state index in [2.05, 4.69) is 0 Å². The fourth-order valence-corrected chi connectivity index (χ4v) is 3.91. The van der Waals surface area contributed by atoms with Crippen LogP contribution in [0.25, 0.3) is 6.08 Å². The fraction of sp³-hybridized carbons (Fsp3) is 0.500. The lowest BCUT2D eigenvalue weighted by Crippen LogP contribution is -2.45. The van der Waals surface area contributed by atoms with Gasteiger partial charge in [-0.05, 0) is 55.9 Å². The highest BCUT2D eigenvalue weighted by Gasteiger charge is 2.30. The minimum Gasteiger partial charge on any atom is -0.342 e. The van der Waals surface area contributed by atoms with Crippen molar-refractivity contribution in [2.45, 2.75) is 32.1 Å². The topological polar surface area (TPSA) is 40.6 Å². The van der Waals surface area contributed by atoms with Gasteiger partial charge in [0, 0.05) is 38.2 Å². The zero-order chi connectivity index (χ0) is 18.5. The zero-order valence-electron chi connectivity index (χ0n) is 14.8. The molecule has 0 saturated carbocycles. The normalized spacial score (nSPS) is 19.2. The first-order chi connectivity index (χ1) is 12.5. The minimum atomic E-state index is -0.0278.